The molecule has 0 unspecified atom stereocenters. The highest BCUT2D eigenvalue weighted by molar-refractivity contribution is 6.30. The van der Waals surface area contributed by atoms with Gasteiger partial charge in [0.2, 0.25) is 0 Å². The van der Waals surface area contributed by atoms with Gasteiger partial charge in [0.25, 0.3) is 0 Å². The molecule has 0 spiro atoms. The van der Waals surface area contributed by atoms with Crippen molar-refractivity contribution in [3.8, 4) is 5.75 Å². The highest BCUT2D eigenvalue weighted by atomic mass is 35.5. The van der Waals surface area contributed by atoms with E-state index in [1.165, 1.54) is 0 Å². The quantitative estimate of drug-likeness (QED) is 0.726. The molecule has 1 rings (SSSR count). The van der Waals surface area contributed by atoms with E-state index < -0.39 is 0 Å². The molecular formula is C12H16Cl2O. The fourth-order valence-electron chi connectivity index (χ4n) is 1.45. The lowest BCUT2D eigenvalue weighted by molar-refractivity contribution is 0.382. The van der Waals surface area contributed by atoms with Gasteiger partial charge in [0, 0.05) is 10.9 Å². The second-order valence-electron chi connectivity index (χ2n) is 4.43. The lowest BCUT2D eigenvalue weighted by Gasteiger charge is -2.22. The van der Waals surface area contributed by atoms with Gasteiger partial charge in [-0.3, -0.25) is 0 Å². The van der Waals surface area contributed by atoms with E-state index in [1.807, 2.05) is 18.2 Å². The SMILES string of the molecule is COc1ccc(Cl)cc1CC(C)(C)CCl. The van der Waals surface area contributed by atoms with Crippen molar-refractivity contribution in [1.82, 2.24) is 0 Å². The molecule has 0 fully saturated rings. The van der Waals surface area contributed by atoms with Gasteiger partial charge in [0.05, 0.1) is 7.11 Å². The van der Waals surface area contributed by atoms with Gasteiger partial charge >= 0.3 is 0 Å². The Kier molecular flexibility index (Phi) is 4.30. The van der Waals surface area contributed by atoms with Crippen molar-refractivity contribution in [1.29, 1.82) is 0 Å². The summed E-state index contributed by atoms with van der Waals surface area (Å²) in [4.78, 5) is 0. The van der Waals surface area contributed by atoms with Crippen molar-refractivity contribution in [2.75, 3.05) is 13.0 Å². The van der Waals surface area contributed by atoms with Gasteiger partial charge < -0.3 is 4.74 Å². The van der Waals surface area contributed by atoms with Crippen LogP contribution in [0.15, 0.2) is 18.2 Å². The van der Waals surface area contributed by atoms with Crippen LogP contribution in [-0.4, -0.2) is 13.0 Å². The number of hydrogen-bond donors (Lipinski definition) is 0. The van der Waals surface area contributed by atoms with Crippen molar-refractivity contribution in [3.63, 3.8) is 0 Å². The number of rotatable bonds is 4. The van der Waals surface area contributed by atoms with Gasteiger partial charge in [-0.15, -0.1) is 11.6 Å². The highest BCUT2D eigenvalue weighted by Gasteiger charge is 2.19. The molecule has 1 nitrogen and oxygen atoms in total. The summed E-state index contributed by atoms with van der Waals surface area (Å²) < 4.78 is 5.29. The predicted molar refractivity (Wildman–Crippen MR) is 66.2 cm³/mol. The fraction of sp³-hybridized carbons (Fsp3) is 0.500. The van der Waals surface area contributed by atoms with E-state index in [-0.39, 0.29) is 5.41 Å². The number of halogens is 2. The van der Waals surface area contributed by atoms with Crippen LogP contribution in [-0.2, 0) is 6.42 Å². The minimum Gasteiger partial charge on any atom is -0.496 e. The molecule has 0 saturated heterocycles. The molecule has 0 heterocycles. The van der Waals surface area contributed by atoms with Crippen molar-refractivity contribution in [2.24, 2.45) is 5.41 Å². The summed E-state index contributed by atoms with van der Waals surface area (Å²) in [6, 6.07) is 5.66. The Morgan fingerprint density at radius 3 is 2.53 bits per heavy atom. The first kappa shape index (κ1) is 12.7. The van der Waals surface area contributed by atoms with Gasteiger partial charge in [-0.1, -0.05) is 25.4 Å². The van der Waals surface area contributed by atoms with E-state index in [0.717, 1.165) is 22.8 Å². The zero-order valence-corrected chi connectivity index (χ0v) is 10.8. The van der Waals surface area contributed by atoms with Gasteiger partial charge in [0.1, 0.15) is 5.75 Å². The molecule has 3 heteroatoms. The van der Waals surface area contributed by atoms with E-state index in [9.17, 15) is 0 Å². The van der Waals surface area contributed by atoms with Crippen LogP contribution in [0.4, 0.5) is 0 Å². The topological polar surface area (TPSA) is 9.23 Å². The van der Waals surface area contributed by atoms with Crippen molar-refractivity contribution in [2.45, 2.75) is 20.3 Å². The Morgan fingerprint density at radius 1 is 1.33 bits per heavy atom. The average Bonchev–Trinajstić information content (AvgIpc) is 2.18. The van der Waals surface area contributed by atoms with E-state index >= 15 is 0 Å². The summed E-state index contributed by atoms with van der Waals surface area (Å²) >= 11 is 11.9. The molecule has 1 aromatic rings. The Bertz CT molecular complexity index is 334. The lowest BCUT2D eigenvalue weighted by Crippen LogP contribution is -2.17. The summed E-state index contributed by atoms with van der Waals surface area (Å²) in [5, 5.41) is 0.733. The number of alkyl halides is 1. The first-order valence-electron chi connectivity index (χ1n) is 4.87. The molecule has 0 aliphatic rings. The maximum atomic E-state index is 5.96. The third-order valence-electron chi connectivity index (χ3n) is 2.27. The van der Waals surface area contributed by atoms with E-state index in [4.69, 9.17) is 27.9 Å². The Balaban J connectivity index is 2.97. The Labute approximate surface area is 101 Å². The number of methoxy groups -OCH3 is 1. The standard InChI is InChI=1S/C12H16Cl2O/c1-12(2,8-13)7-9-6-10(14)4-5-11(9)15-3/h4-6H,7-8H2,1-3H3. The normalized spacial score (nSPS) is 11.5. The van der Waals surface area contributed by atoms with Crippen LogP contribution in [0.5, 0.6) is 5.75 Å². The van der Waals surface area contributed by atoms with E-state index in [0.29, 0.717) is 5.88 Å². The molecule has 0 aromatic heterocycles. The largest absolute Gasteiger partial charge is 0.496 e. The van der Waals surface area contributed by atoms with Gasteiger partial charge in [-0.05, 0) is 35.6 Å². The molecule has 0 atom stereocenters. The molecule has 0 N–H and O–H groups in total. The maximum Gasteiger partial charge on any atom is 0.122 e. The first-order chi connectivity index (χ1) is 6.98. The van der Waals surface area contributed by atoms with Crippen LogP contribution in [0.25, 0.3) is 0 Å². The number of ether oxygens (including phenoxy) is 1. The van der Waals surface area contributed by atoms with Crippen LogP contribution < -0.4 is 4.74 Å². The van der Waals surface area contributed by atoms with Crippen molar-refractivity contribution < 1.29 is 4.74 Å². The van der Waals surface area contributed by atoms with E-state index in [1.54, 1.807) is 7.11 Å². The molecule has 0 aliphatic carbocycles. The minimum atomic E-state index is 0.0551. The van der Waals surface area contributed by atoms with Crippen LogP contribution in [0.3, 0.4) is 0 Å². The van der Waals surface area contributed by atoms with Crippen LogP contribution in [0.2, 0.25) is 5.02 Å². The molecule has 0 bridgehead atoms. The summed E-state index contributed by atoms with van der Waals surface area (Å²) in [6.45, 7) is 4.25. The van der Waals surface area contributed by atoms with Crippen molar-refractivity contribution >= 4 is 23.2 Å². The van der Waals surface area contributed by atoms with E-state index in [2.05, 4.69) is 13.8 Å². The molecule has 1 aromatic carbocycles. The Hall–Kier alpha value is -0.400. The lowest BCUT2D eigenvalue weighted by atomic mass is 9.87. The third kappa shape index (κ3) is 3.58. The maximum absolute atomic E-state index is 5.96. The predicted octanol–water partition coefficient (Wildman–Crippen LogP) is 4.16. The first-order valence-corrected chi connectivity index (χ1v) is 5.78. The fourth-order valence-corrected chi connectivity index (χ4v) is 1.74. The summed E-state index contributed by atoms with van der Waals surface area (Å²) in [6.07, 6.45) is 0.861. The molecule has 15 heavy (non-hydrogen) atoms. The molecule has 0 saturated carbocycles. The average molecular weight is 247 g/mol. The second kappa shape index (κ2) is 5.09. The summed E-state index contributed by atoms with van der Waals surface area (Å²) in [5.41, 5.74) is 1.16. The smallest absolute Gasteiger partial charge is 0.122 e. The molecule has 0 aliphatic heterocycles. The van der Waals surface area contributed by atoms with Gasteiger partial charge in [-0.2, -0.15) is 0 Å². The molecular weight excluding hydrogens is 231 g/mol. The summed E-state index contributed by atoms with van der Waals surface area (Å²) in [5.74, 6) is 1.49. The highest BCUT2D eigenvalue weighted by Crippen LogP contribution is 2.30. The second-order valence-corrected chi connectivity index (χ2v) is 5.13. The third-order valence-corrected chi connectivity index (χ3v) is 3.23. The number of benzene rings is 1. The van der Waals surface area contributed by atoms with Crippen LogP contribution >= 0.6 is 23.2 Å². The van der Waals surface area contributed by atoms with Gasteiger partial charge in [0.15, 0.2) is 0 Å². The molecule has 0 radical (unpaired) electrons. The minimum absolute atomic E-state index is 0.0551. The molecule has 84 valence electrons. The number of hydrogen-bond acceptors (Lipinski definition) is 1. The zero-order chi connectivity index (χ0) is 11.5. The molecule has 0 amide bonds. The van der Waals surface area contributed by atoms with Crippen molar-refractivity contribution in [3.05, 3.63) is 28.8 Å². The monoisotopic (exact) mass is 246 g/mol. The van der Waals surface area contributed by atoms with Crippen LogP contribution in [0.1, 0.15) is 19.4 Å². The van der Waals surface area contributed by atoms with Crippen LogP contribution in [0, 0.1) is 5.41 Å². The Morgan fingerprint density at radius 2 is 2.00 bits per heavy atom. The van der Waals surface area contributed by atoms with Gasteiger partial charge in [-0.25, -0.2) is 0 Å². The zero-order valence-electron chi connectivity index (χ0n) is 9.31. The summed E-state index contributed by atoms with van der Waals surface area (Å²) in [7, 11) is 1.67.